The van der Waals surface area contributed by atoms with Gasteiger partial charge in [-0.15, -0.1) is 6.58 Å². The Morgan fingerprint density at radius 1 is 1.31 bits per heavy atom. The van der Waals surface area contributed by atoms with Gasteiger partial charge < -0.3 is 0 Å². The van der Waals surface area contributed by atoms with Crippen molar-refractivity contribution in [2.75, 3.05) is 0 Å². The van der Waals surface area contributed by atoms with Crippen LogP contribution in [0.4, 0.5) is 0 Å². The normalized spacial score (nSPS) is 11.3. The highest BCUT2D eigenvalue weighted by Gasteiger charge is 1.99. The Morgan fingerprint density at radius 2 is 2.00 bits per heavy atom. The topological polar surface area (TPSA) is 0 Å². The molecular weight excluding hydrogens is 192 g/mol. The van der Waals surface area contributed by atoms with E-state index >= 15 is 0 Å². The molecule has 0 aliphatic heterocycles. The lowest BCUT2D eigenvalue weighted by molar-refractivity contribution is 1.23. The molecule has 0 N–H and O–H groups in total. The van der Waals surface area contributed by atoms with E-state index in [1.165, 1.54) is 22.3 Å². The van der Waals surface area contributed by atoms with Crippen molar-refractivity contribution in [1.82, 2.24) is 0 Å². The average Bonchev–Trinajstić information content (AvgIpc) is 2.20. The summed E-state index contributed by atoms with van der Waals surface area (Å²) in [5.41, 5.74) is 6.24. The summed E-state index contributed by atoms with van der Waals surface area (Å²) in [6.07, 6.45) is 5.01. The van der Waals surface area contributed by atoms with Crippen molar-refractivity contribution < 1.29 is 0 Å². The molecule has 0 heterocycles. The lowest BCUT2D eigenvalue weighted by atomic mass is 9.99. The molecule has 0 aliphatic rings. The van der Waals surface area contributed by atoms with E-state index in [4.69, 9.17) is 0 Å². The molecule has 0 amide bonds. The molecule has 0 nitrogen and oxygen atoms in total. The Labute approximate surface area is 99.0 Å². The van der Waals surface area contributed by atoms with Crippen molar-refractivity contribution in [3.63, 3.8) is 0 Å². The van der Waals surface area contributed by atoms with Gasteiger partial charge in [0, 0.05) is 0 Å². The molecule has 1 rings (SSSR count). The van der Waals surface area contributed by atoms with Crippen molar-refractivity contribution in [3.05, 3.63) is 65.3 Å². The van der Waals surface area contributed by atoms with Crippen LogP contribution in [0.25, 0.3) is 6.08 Å². The Kier molecular flexibility index (Phi) is 4.30. The molecule has 16 heavy (non-hydrogen) atoms. The smallest absolute Gasteiger partial charge is 0.00975 e. The van der Waals surface area contributed by atoms with Gasteiger partial charge in [-0.3, -0.25) is 0 Å². The summed E-state index contributed by atoms with van der Waals surface area (Å²) in [5.74, 6) is 0. The van der Waals surface area contributed by atoms with Crippen LogP contribution < -0.4 is 0 Å². The van der Waals surface area contributed by atoms with E-state index in [0.29, 0.717) is 0 Å². The molecule has 1 aromatic carbocycles. The van der Waals surface area contributed by atoms with Gasteiger partial charge in [-0.1, -0.05) is 48.1 Å². The summed E-state index contributed by atoms with van der Waals surface area (Å²) < 4.78 is 0. The Morgan fingerprint density at radius 3 is 2.50 bits per heavy atom. The van der Waals surface area contributed by atoms with E-state index < -0.39 is 0 Å². The first-order valence-corrected chi connectivity index (χ1v) is 5.59. The van der Waals surface area contributed by atoms with E-state index in [-0.39, 0.29) is 0 Å². The number of rotatable bonds is 4. The van der Waals surface area contributed by atoms with Gasteiger partial charge in [-0.25, -0.2) is 0 Å². The van der Waals surface area contributed by atoms with Gasteiger partial charge >= 0.3 is 0 Å². The summed E-state index contributed by atoms with van der Waals surface area (Å²) in [4.78, 5) is 0. The van der Waals surface area contributed by atoms with E-state index in [2.05, 4.69) is 51.3 Å². The quantitative estimate of drug-likeness (QED) is 0.495. The highest BCUT2D eigenvalue weighted by molar-refractivity contribution is 5.61. The highest BCUT2D eigenvalue weighted by atomic mass is 14.0. The highest BCUT2D eigenvalue weighted by Crippen LogP contribution is 2.20. The summed E-state index contributed by atoms with van der Waals surface area (Å²) in [5, 5.41) is 0. The number of benzene rings is 1. The van der Waals surface area contributed by atoms with Crippen LogP contribution >= 0.6 is 0 Å². The standard InChI is InChI=1S/C16H20/c1-6-7-15(12(2)3)11-16-9-8-13(4)10-14(16)5/h6,8-11H,1-2,7H2,3-5H3/b15-11-. The van der Waals surface area contributed by atoms with E-state index in [1.807, 2.05) is 13.0 Å². The second-order valence-corrected chi connectivity index (χ2v) is 4.30. The third-order valence-electron chi connectivity index (χ3n) is 2.67. The maximum Gasteiger partial charge on any atom is -0.00975 e. The maximum atomic E-state index is 4.00. The molecule has 0 bridgehead atoms. The minimum absolute atomic E-state index is 0.878. The van der Waals surface area contributed by atoms with Crippen molar-refractivity contribution in [3.8, 4) is 0 Å². The van der Waals surface area contributed by atoms with Gasteiger partial charge in [0.2, 0.25) is 0 Å². The van der Waals surface area contributed by atoms with Crippen molar-refractivity contribution in [2.24, 2.45) is 0 Å². The second-order valence-electron chi connectivity index (χ2n) is 4.30. The van der Waals surface area contributed by atoms with Crippen LogP contribution in [0.2, 0.25) is 0 Å². The summed E-state index contributed by atoms with van der Waals surface area (Å²) in [6, 6.07) is 6.51. The van der Waals surface area contributed by atoms with Crippen LogP contribution in [0.5, 0.6) is 0 Å². The molecule has 0 radical (unpaired) electrons. The molecule has 0 unspecified atom stereocenters. The third-order valence-corrected chi connectivity index (χ3v) is 2.67. The molecule has 1 aromatic rings. The Hall–Kier alpha value is -1.56. The number of hydrogen-bond acceptors (Lipinski definition) is 0. The van der Waals surface area contributed by atoms with Crippen LogP contribution in [-0.2, 0) is 0 Å². The molecule has 0 saturated heterocycles. The maximum absolute atomic E-state index is 4.00. The molecule has 0 aliphatic carbocycles. The second kappa shape index (κ2) is 5.50. The largest absolute Gasteiger partial charge is 0.103 e. The zero-order valence-corrected chi connectivity index (χ0v) is 10.5. The Balaban J connectivity index is 3.12. The molecule has 0 spiro atoms. The number of hydrogen-bond donors (Lipinski definition) is 0. The third kappa shape index (κ3) is 3.23. The molecular formula is C16H20. The summed E-state index contributed by atoms with van der Waals surface area (Å²) in [6.45, 7) is 14.1. The van der Waals surface area contributed by atoms with Gasteiger partial charge in [-0.05, 0) is 43.9 Å². The molecule has 84 valence electrons. The van der Waals surface area contributed by atoms with Gasteiger partial charge in [-0.2, -0.15) is 0 Å². The zero-order valence-electron chi connectivity index (χ0n) is 10.5. The van der Waals surface area contributed by atoms with Crippen LogP contribution in [0.3, 0.4) is 0 Å². The van der Waals surface area contributed by atoms with Gasteiger partial charge in [0.05, 0.1) is 0 Å². The Bertz CT molecular complexity index is 433. The van der Waals surface area contributed by atoms with Crippen LogP contribution in [0.15, 0.2) is 48.6 Å². The SMILES string of the molecule is C=CC/C(=C/c1ccc(C)cc1C)C(=C)C. The fourth-order valence-electron chi connectivity index (χ4n) is 1.69. The number of aryl methyl sites for hydroxylation is 2. The van der Waals surface area contributed by atoms with Gasteiger partial charge in [0.1, 0.15) is 0 Å². The molecule has 0 heteroatoms. The first-order chi connectivity index (χ1) is 7.54. The predicted octanol–water partition coefficient (Wildman–Crippen LogP) is 4.84. The summed E-state index contributed by atoms with van der Waals surface area (Å²) >= 11 is 0. The van der Waals surface area contributed by atoms with E-state index in [9.17, 15) is 0 Å². The molecule has 0 fully saturated rings. The van der Waals surface area contributed by atoms with Crippen LogP contribution in [0.1, 0.15) is 30.0 Å². The fraction of sp³-hybridized carbons (Fsp3) is 0.250. The molecule has 0 aromatic heterocycles. The van der Waals surface area contributed by atoms with Crippen LogP contribution in [0, 0.1) is 13.8 Å². The number of allylic oxidation sites excluding steroid dienone is 3. The van der Waals surface area contributed by atoms with E-state index in [1.54, 1.807) is 0 Å². The lowest BCUT2D eigenvalue weighted by Crippen LogP contribution is -1.87. The first-order valence-electron chi connectivity index (χ1n) is 5.59. The first kappa shape index (κ1) is 12.5. The predicted molar refractivity (Wildman–Crippen MR) is 73.5 cm³/mol. The van der Waals surface area contributed by atoms with Crippen molar-refractivity contribution >= 4 is 6.08 Å². The van der Waals surface area contributed by atoms with Gasteiger partial charge in [0.15, 0.2) is 0 Å². The zero-order chi connectivity index (χ0) is 12.1. The van der Waals surface area contributed by atoms with Crippen molar-refractivity contribution in [1.29, 1.82) is 0 Å². The van der Waals surface area contributed by atoms with E-state index in [0.717, 1.165) is 12.0 Å². The molecule has 0 saturated carbocycles. The minimum atomic E-state index is 0.878. The minimum Gasteiger partial charge on any atom is -0.103 e. The van der Waals surface area contributed by atoms with Crippen molar-refractivity contribution in [2.45, 2.75) is 27.2 Å². The fourth-order valence-corrected chi connectivity index (χ4v) is 1.69. The molecule has 0 atom stereocenters. The summed E-state index contributed by atoms with van der Waals surface area (Å²) in [7, 11) is 0. The van der Waals surface area contributed by atoms with Gasteiger partial charge in [0.25, 0.3) is 0 Å². The average molecular weight is 212 g/mol. The lowest BCUT2D eigenvalue weighted by Gasteiger charge is -2.07. The van der Waals surface area contributed by atoms with Crippen LogP contribution in [-0.4, -0.2) is 0 Å². The monoisotopic (exact) mass is 212 g/mol.